The van der Waals surface area contributed by atoms with E-state index >= 15 is 0 Å². The fourth-order valence-electron chi connectivity index (χ4n) is 2.49. The highest BCUT2D eigenvalue weighted by molar-refractivity contribution is 9.10. The lowest BCUT2D eigenvalue weighted by molar-refractivity contribution is 0.0927. The normalized spacial score (nSPS) is 27.2. The van der Waals surface area contributed by atoms with Crippen LogP contribution >= 0.6 is 27.5 Å². The number of hydrogen-bond acceptors (Lipinski definition) is 1. The van der Waals surface area contributed by atoms with Crippen molar-refractivity contribution in [2.45, 2.75) is 32.7 Å². The topological polar surface area (TPSA) is 29.1 Å². The summed E-state index contributed by atoms with van der Waals surface area (Å²) in [4.78, 5) is 12.2. The van der Waals surface area contributed by atoms with Crippen LogP contribution in [0.3, 0.4) is 0 Å². The zero-order valence-electron chi connectivity index (χ0n) is 10.5. The van der Waals surface area contributed by atoms with E-state index in [9.17, 15) is 4.79 Å². The van der Waals surface area contributed by atoms with Crippen molar-refractivity contribution in [2.75, 3.05) is 0 Å². The van der Waals surface area contributed by atoms with Crippen molar-refractivity contribution >= 4 is 33.4 Å². The molecule has 1 aliphatic rings. The lowest BCUT2D eigenvalue weighted by Crippen LogP contribution is -2.37. The van der Waals surface area contributed by atoms with Crippen LogP contribution in [0.2, 0.25) is 5.02 Å². The fourth-order valence-corrected chi connectivity index (χ4v) is 3.05. The second-order valence-electron chi connectivity index (χ2n) is 5.12. The van der Waals surface area contributed by atoms with Crippen LogP contribution in [0, 0.1) is 11.8 Å². The van der Waals surface area contributed by atoms with E-state index < -0.39 is 0 Å². The molecule has 98 valence electrons. The van der Waals surface area contributed by atoms with Crippen molar-refractivity contribution in [2.24, 2.45) is 11.8 Å². The van der Waals surface area contributed by atoms with Crippen LogP contribution in [-0.2, 0) is 0 Å². The highest BCUT2D eigenvalue weighted by Gasteiger charge is 2.31. The van der Waals surface area contributed by atoms with E-state index in [4.69, 9.17) is 11.6 Å². The molecule has 1 aromatic rings. The molecule has 0 spiro atoms. The van der Waals surface area contributed by atoms with Crippen molar-refractivity contribution in [1.82, 2.24) is 5.32 Å². The average molecular weight is 331 g/mol. The number of nitrogens with one attached hydrogen (secondary N) is 1. The van der Waals surface area contributed by atoms with E-state index in [1.54, 1.807) is 12.1 Å². The number of rotatable bonds is 2. The standard InChI is InChI=1S/C14H17BrClNO/c1-8-3-6-13(9(8)2)17-14(18)11-7-10(15)4-5-12(11)16/h4-5,7-9,13H,3,6H2,1-2H3,(H,17,18). The number of benzene rings is 1. The Kier molecular flexibility index (Phi) is 4.33. The van der Waals surface area contributed by atoms with Crippen molar-refractivity contribution < 1.29 is 4.79 Å². The van der Waals surface area contributed by atoms with E-state index in [1.807, 2.05) is 6.07 Å². The quantitative estimate of drug-likeness (QED) is 0.862. The van der Waals surface area contributed by atoms with Gasteiger partial charge in [-0.2, -0.15) is 0 Å². The third kappa shape index (κ3) is 2.89. The molecule has 0 aliphatic heterocycles. The average Bonchev–Trinajstić information content (AvgIpc) is 2.64. The number of hydrogen-bond donors (Lipinski definition) is 1. The van der Waals surface area contributed by atoms with Crippen LogP contribution < -0.4 is 5.32 Å². The molecule has 1 fully saturated rings. The molecule has 0 bridgehead atoms. The molecule has 1 aliphatic carbocycles. The van der Waals surface area contributed by atoms with Gasteiger partial charge >= 0.3 is 0 Å². The Morgan fingerprint density at radius 3 is 2.72 bits per heavy atom. The van der Waals surface area contributed by atoms with Gasteiger partial charge < -0.3 is 5.32 Å². The fraction of sp³-hybridized carbons (Fsp3) is 0.500. The molecule has 4 heteroatoms. The molecule has 2 nitrogen and oxygen atoms in total. The van der Waals surface area contributed by atoms with Crippen LogP contribution in [0.1, 0.15) is 37.0 Å². The van der Waals surface area contributed by atoms with Crippen LogP contribution in [0.25, 0.3) is 0 Å². The predicted molar refractivity (Wildman–Crippen MR) is 78.0 cm³/mol. The first-order valence-corrected chi connectivity index (χ1v) is 7.42. The molecule has 18 heavy (non-hydrogen) atoms. The number of carbonyl (C=O) groups is 1. The molecule has 0 aromatic heterocycles. The molecule has 1 N–H and O–H groups in total. The van der Waals surface area contributed by atoms with Crippen LogP contribution in [0.4, 0.5) is 0 Å². The SMILES string of the molecule is CC1CCC(NC(=O)c2cc(Br)ccc2Cl)C1C. The Morgan fingerprint density at radius 2 is 2.11 bits per heavy atom. The molecule has 0 saturated heterocycles. The molecule has 3 atom stereocenters. The first-order valence-electron chi connectivity index (χ1n) is 6.25. The zero-order valence-corrected chi connectivity index (χ0v) is 12.9. The van der Waals surface area contributed by atoms with Crippen LogP contribution in [0.5, 0.6) is 0 Å². The molecule has 1 saturated carbocycles. The summed E-state index contributed by atoms with van der Waals surface area (Å²) >= 11 is 9.42. The minimum atomic E-state index is -0.0766. The lowest BCUT2D eigenvalue weighted by atomic mass is 9.97. The Balaban J connectivity index is 2.10. The van der Waals surface area contributed by atoms with Crippen molar-refractivity contribution in [3.05, 3.63) is 33.3 Å². The summed E-state index contributed by atoms with van der Waals surface area (Å²) < 4.78 is 0.866. The molecule has 2 rings (SSSR count). The summed E-state index contributed by atoms with van der Waals surface area (Å²) in [5, 5.41) is 3.59. The highest BCUT2D eigenvalue weighted by Crippen LogP contribution is 2.31. The van der Waals surface area contributed by atoms with Crippen molar-refractivity contribution in [3.8, 4) is 0 Å². The first kappa shape index (κ1) is 13.9. The minimum Gasteiger partial charge on any atom is -0.349 e. The van der Waals surface area contributed by atoms with E-state index in [1.165, 1.54) is 6.42 Å². The third-order valence-electron chi connectivity index (χ3n) is 3.95. The van der Waals surface area contributed by atoms with Gasteiger partial charge in [0.05, 0.1) is 10.6 Å². The van der Waals surface area contributed by atoms with Gasteiger partial charge in [0.25, 0.3) is 5.91 Å². The molecule has 1 aromatic carbocycles. The van der Waals surface area contributed by atoms with E-state index in [0.717, 1.165) is 10.9 Å². The second kappa shape index (κ2) is 5.62. The van der Waals surface area contributed by atoms with E-state index in [0.29, 0.717) is 22.4 Å². The molecular formula is C14H17BrClNO. The lowest BCUT2D eigenvalue weighted by Gasteiger charge is -2.20. The summed E-state index contributed by atoms with van der Waals surface area (Å²) in [5.74, 6) is 1.13. The van der Waals surface area contributed by atoms with E-state index in [2.05, 4.69) is 35.1 Å². The predicted octanol–water partition coefficient (Wildman–Crippen LogP) is 4.27. The van der Waals surface area contributed by atoms with Gasteiger partial charge in [0.1, 0.15) is 0 Å². The summed E-state index contributed by atoms with van der Waals surface area (Å²) in [6.07, 6.45) is 2.23. The number of amides is 1. The van der Waals surface area contributed by atoms with Crippen LogP contribution in [0.15, 0.2) is 22.7 Å². The molecule has 3 unspecified atom stereocenters. The summed E-state index contributed by atoms with van der Waals surface area (Å²) in [7, 11) is 0. The van der Waals surface area contributed by atoms with Crippen molar-refractivity contribution in [1.29, 1.82) is 0 Å². The van der Waals surface area contributed by atoms with Crippen molar-refractivity contribution in [3.63, 3.8) is 0 Å². The summed E-state index contributed by atoms with van der Waals surface area (Å²) in [6.45, 7) is 4.44. The largest absolute Gasteiger partial charge is 0.349 e. The van der Waals surface area contributed by atoms with Gasteiger partial charge in [-0.15, -0.1) is 0 Å². The van der Waals surface area contributed by atoms with Gasteiger partial charge in [-0.25, -0.2) is 0 Å². The minimum absolute atomic E-state index is 0.0766. The van der Waals surface area contributed by atoms with E-state index in [-0.39, 0.29) is 11.9 Å². The maximum absolute atomic E-state index is 12.2. The van der Waals surface area contributed by atoms with Gasteiger partial charge in [-0.1, -0.05) is 41.4 Å². The third-order valence-corrected chi connectivity index (χ3v) is 4.78. The molecule has 1 amide bonds. The summed E-state index contributed by atoms with van der Waals surface area (Å²) in [6, 6.07) is 5.60. The summed E-state index contributed by atoms with van der Waals surface area (Å²) in [5.41, 5.74) is 0.540. The van der Waals surface area contributed by atoms with Gasteiger partial charge in [0.2, 0.25) is 0 Å². The smallest absolute Gasteiger partial charge is 0.253 e. The van der Waals surface area contributed by atoms with Gasteiger partial charge in [-0.05, 0) is 42.9 Å². The Hall–Kier alpha value is -0.540. The van der Waals surface area contributed by atoms with Gasteiger partial charge in [-0.3, -0.25) is 4.79 Å². The monoisotopic (exact) mass is 329 g/mol. The Morgan fingerprint density at radius 1 is 1.39 bits per heavy atom. The highest BCUT2D eigenvalue weighted by atomic mass is 79.9. The Bertz CT molecular complexity index is 463. The molecule has 0 heterocycles. The maximum atomic E-state index is 12.2. The molecular weight excluding hydrogens is 314 g/mol. The maximum Gasteiger partial charge on any atom is 0.253 e. The number of halogens is 2. The number of carbonyl (C=O) groups excluding carboxylic acids is 1. The van der Waals surface area contributed by atoms with Gasteiger partial charge in [0, 0.05) is 10.5 Å². The second-order valence-corrected chi connectivity index (χ2v) is 6.44. The van der Waals surface area contributed by atoms with Gasteiger partial charge in [0.15, 0.2) is 0 Å². The molecule has 0 radical (unpaired) electrons. The Labute approximate surface area is 121 Å². The first-order chi connectivity index (χ1) is 8.49. The zero-order chi connectivity index (χ0) is 13.3. The van der Waals surface area contributed by atoms with Crippen LogP contribution in [-0.4, -0.2) is 11.9 Å².